The fraction of sp³-hybridized carbons (Fsp3) is 0.105. The number of carbonyl (C=O) groups is 1. The SMILES string of the molecule is CCOC(=O)C(=C\c1ccccc1)/C=C/c1ccccc1. The van der Waals surface area contributed by atoms with Gasteiger partial charge >= 0.3 is 5.97 Å². The van der Waals surface area contributed by atoms with Gasteiger partial charge in [0.2, 0.25) is 0 Å². The third-order valence-corrected chi connectivity index (χ3v) is 2.89. The zero-order valence-electron chi connectivity index (χ0n) is 12.0. The van der Waals surface area contributed by atoms with E-state index >= 15 is 0 Å². The number of hydrogen-bond donors (Lipinski definition) is 0. The Labute approximate surface area is 125 Å². The van der Waals surface area contributed by atoms with E-state index in [1.807, 2.05) is 72.8 Å². The van der Waals surface area contributed by atoms with Crippen molar-refractivity contribution in [2.75, 3.05) is 6.61 Å². The van der Waals surface area contributed by atoms with E-state index in [1.54, 1.807) is 13.0 Å². The van der Waals surface area contributed by atoms with Gasteiger partial charge in [0, 0.05) is 0 Å². The number of hydrogen-bond acceptors (Lipinski definition) is 2. The van der Waals surface area contributed by atoms with Crippen LogP contribution >= 0.6 is 0 Å². The Kier molecular flexibility index (Phi) is 5.53. The molecule has 0 heterocycles. The highest BCUT2D eigenvalue weighted by Crippen LogP contribution is 2.12. The number of esters is 1. The van der Waals surface area contributed by atoms with E-state index in [0.29, 0.717) is 12.2 Å². The Bertz CT molecular complexity index is 625. The van der Waals surface area contributed by atoms with E-state index in [0.717, 1.165) is 11.1 Å². The molecule has 0 fully saturated rings. The molecular weight excluding hydrogens is 260 g/mol. The van der Waals surface area contributed by atoms with Crippen molar-refractivity contribution in [2.45, 2.75) is 6.92 Å². The van der Waals surface area contributed by atoms with Gasteiger partial charge in [-0.15, -0.1) is 0 Å². The molecule has 0 N–H and O–H groups in total. The minimum Gasteiger partial charge on any atom is -0.462 e. The standard InChI is InChI=1S/C19H18O2/c1-2-21-19(20)18(15-17-11-7-4-8-12-17)14-13-16-9-5-3-6-10-16/h3-15H,2H2,1H3/b14-13+,18-15-. The summed E-state index contributed by atoms with van der Waals surface area (Å²) in [7, 11) is 0. The lowest BCUT2D eigenvalue weighted by atomic mass is 10.1. The fourth-order valence-corrected chi connectivity index (χ4v) is 1.87. The van der Waals surface area contributed by atoms with Gasteiger partial charge in [-0.3, -0.25) is 0 Å². The van der Waals surface area contributed by atoms with Crippen molar-refractivity contribution in [3.63, 3.8) is 0 Å². The summed E-state index contributed by atoms with van der Waals surface area (Å²) >= 11 is 0. The van der Waals surface area contributed by atoms with Crippen molar-refractivity contribution < 1.29 is 9.53 Å². The molecule has 0 amide bonds. The van der Waals surface area contributed by atoms with E-state index < -0.39 is 0 Å². The monoisotopic (exact) mass is 278 g/mol. The highest BCUT2D eigenvalue weighted by atomic mass is 16.5. The van der Waals surface area contributed by atoms with E-state index in [9.17, 15) is 4.79 Å². The molecule has 0 aliphatic carbocycles. The molecule has 2 rings (SSSR count). The molecule has 0 saturated heterocycles. The van der Waals surface area contributed by atoms with Crippen molar-refractivity contribution in [2.24, 2.45) is 0 Å². The van der Waals surface area contributed by atoms with Crippen LogP contribution in [0.25, 0.3) is 12.2 Å². The van der Waals surface area contributed by atoms with Gasteiger partial charge in [0.15, 0.2) is 0 Å². The normalized spacial score (nSPS) is 11.6. The second-order valence-electron chi connectivity index (χ2n) is 4.47. The van der Waals surface area contributed by atoms with Crippen LogP contribution in [0.3, 0.4) is 0 Å². The molecule has 0 unspecified atom stereocenters. The van der Waals surface area contributed by atoms with Gasteiger partial charge in [-0.2, -0.15) is 0 Å². The van der Waals surface area contributed by atoms with Crippen LogP contribution in [0.4, 0.5) is 0 Å². The van der Waals surface area contributed by atoms with Crippen molar-refractivity contribution in [3.8, 4) is 0 Å². The largest absolute Gasteiger partial charge is 0.462 e. The molecule has 2 heteroatoms. The van der Waals surface area contributed by atoms with Crippen molar-refractivity contribution in [3.05, 3.63) is 83.4 Å². The van der Waals surface area contributed by atoms with Gasteiger partial charge in [0.25, 0.3) is 0 Å². The summed E-state index contributed by atoms with van der Waals surface area (Å²) in [6.45, 7) is 2.17. The van der Waals surface area contributed by atoms with Crippen LogP contribution in [0.2, 0.25) is 0 Å². The summed E-state index contributed by atoms with van der Waals surface area (Å²) in [6.07, 6.45) is 5.53. The Hall–Kier alpha value is -2.61. The summed E-state index contributed by atoms with van der Waals surface area (Å²) in [5.41, 5.74) is 2.55. The molecule has 21 heavy (non-hydrogen) atoms. The van der Waals surface area contributed by atoms with Gasteiger partial charge < -0.3 is 4.74 Å². The predicted molar refractivity (Wildman–Crippen MR) is 86.5 cm³/mol. The summed E-state index contributed by atoms with van der Waals surface area (Å²) in [6, 6.07) is 19.6. The molecule has 0 atom stereocenters. The van der Waals surface area contributed by atoms with Crippen LogP contribution < -0.4 is 0 Å². The van der Waals surface area contributed by atoms with Gasteiger partial charge in [0.05, 0.1) is 12.2 Å². The first-order valence-electron chi connectivity index (χ1n) is 6.96. The topological polar surface area (TPSA) is 26.3 Å². The van der Waals surface area contributed by atoms with Crippen LogP contribution in [0.5, 0.6) is 0 Å². The molecule has 0 bridgehead atoms. The molecule has 2 nitrogen and oxygen atoms in total. The van der Waals surface area contributed by atoms with E-state index in [2.05, 4.69) is 0 Å². The number of benzene rings is 2. The van der Waals surface area contributed by atoms with Crippen LogP contribution in [0, 0.1) is 0 Å². The van der Waals surface area contributed by atoms with Crippen molar-refractivity contribution >= 4 is 18.1 Å². The Balaban J connectivity index is 2.26. The molecule has 0 aliphatic heterocycles. The molecule has 106 valence electrons. The van der Waals surface area contributed by atoms with E-state index in [-0.39, 0.29) is 5.97 Å². The molecule has 0 spiro atoms. The van der Waals surface area contributed by atoms with Crippen molar-refractivity contribution in [1.29, 1.82) is 0 Å². The quantitative estimate of drug-likeness (QED) is 0.462. The van der Waals surface area contributed by atoms with Crippen LogP contribution in [-0.4, -0.2) is 12.6 Å². The lowest BCUT2D eigenvalue weighted by Gasteiger charge is -2.03. The highest BCUT2D eigenvalue weighted by molar-refractivity contribution is 5.97. The zero-order chi connectivity index (χ0) is 14.9. The second-order valence-corrected chi connectivity index (χ2v) is 4.47. The van der Waals surface area contributed by atoms with Crippen LogP contribution in [-0.2, 0) is 9.53 Å². The lowest BCUT2D eigenvalue weighted by Crippen LogP contribution is -2.05. The average Bonchev–Trinajstić information content (AvgIpc) is 2.53. The van der Waals surface area contributed by atoms with Gasteiger partial charge in [0.1, 0.15) is 0 Å². The number of ether oxygens (including phenoxy) is 1. The van der Waals surface area contributed by atoms with Gasteiger partial charge in [-0.05, 0) is 30.2 Å². The molecular formula is C19H18O2. The molecule has 0 aliphatic rings. The fourth-order valence-electron chi connectivity index (χ4n) is 1.87. The maximum Gasteiger partial charge on any atom is 0.338 e. The third kappa shape index (κ3) is 4.77. The number of carbonyl (C=O) groups excluding carboxylic acids is 1. The lowest BCUT2D eigenvalue weighted by molar-refractivity contribution is -0.138. The minimum atomic E-state index is -0.312. The Morgan fingerprint density at radius 2 is 1.52 bits per heavy atom. The third-order valence-electron chi connectivity index (χ3n) is 2.89. The summed E-state index contributed by atoms with van der Waals surface area (Å²) in [5.74, 6) is -0.312. The summed E-state index contributed by atoms with van der Waals surface area (Å²) in [4.78, 5) is 12.0. The second kappa shape index (κ2) is 7.85. The van der Waals surface area contributed by atoms with Gasteiger partial charge in [-0.1, -0.05) is 66.7 Å². The van der Waals surface area contributed by atoms with Crippen molar-refractivity contribution in [1.82, 2.24) is 0 Å². The predicted octanol–water partition coefficient (Wildman–Crippen LogP) is 4.35. The first-order chi connectivity index (χ1) is 10.3. The smallest absolute Gasteiger partial charge is 0.338 e. The average molecular weight is 278 g/mol. The zero-order valence-corrected chi connectivity index (χ0v) is 12.0. The first kappa shape index (κ1) is 14.8. The summed E-state index contributed by atoms with van der Waals surface area (Å²) in [5, 5.41) is 0. The Morgan fingerprint density at radius 1 is 0.952 bits per heavy atom. The first-order valence-corrected chi connectivity index (χ1v) is 6.96. The maximum absolute atomic E-state index is 12.0. The molecule has 0 aromatic heterocycles. The molecule has 0 radical (unpaired) electrons. The molecule has 2 aromatic rings. The number of rotatable bonds is 5. The van der Waals surface area contributed by atoms with E-state index in [4.69, 9.17) is 4.74 Å². The highest BCUT2D eigenvalue weighted by Gasteiger charge is 2.07. The minimum absolute atomic E-state index is 0.312. The van der Waals surface area contributed by atoms with Crippen LogP contribution in [0.15, 0.2) is 72.3 Å². The molecule has 0 saturated carbocycles. The molecule has 2 aromatic carbocycles. The van der Waals surface area contributed by atoms with E-state index in [1.165, 1.54) is 0 Å². The van der Waals surface area contributed by atoms with Gasteiger partial charge in [-0.25, -0.2) is 4.79 Å². The summed E-state index contributed by atoms with van der Waals surface area (Å²) < 4.78 is 5.11. The van der Waals surface area contributed by atoms with Crippen LogP contribution in [0.1, 0.15) is 18.1 Å². The Morgan fingerprint density at radius 3 is 2.10 bits per heavy atom. The maximum atomic E-state index is 12.0.